The average molecular weight is 314 g/mol. The molecule has 0 bridgehead atoms. The van der Waals surface area contributed by atoms with Crippen molar-refractivity contribution in [2.24, 2.45) is 5.92 Å². The van der Waals surface area contributed by atoms with Crippen molar-refractivity contribution >= 4 is 17.3 Å². The molecule has 5 heteroatoms. The smallest absolute Gasteiger partial charge is 0.225 e. The Hall–Kier alpha value is -1.46. The molecular weight excluding hydrogens is 292 g/mol. The van der Waals surface area contributed by atoms with Crippen molar-refractivity contribution in [2.75, 3.05) is 24.5 Å². The van der Waals surface area contributed by atoms with Crippen molar-refractivity contribution in [2.45, 2.75) is 31.8 Å². The molecule has 2 aliphatic heterocycles. The van der Waals surface area contributed by atoms with Gasteiger partial charge < -0.3 is 4.90 Å². The molecule has 0 amide bonds. The minimum Gasteiger partial charge on any atom is -0.339 e. The summed E-state index contributed by atoms with van der Waals surface area (Å²) >= 11 is 1.87. The molecule has 22 heavy (non-hydrogen) atoms. The fourth-order valence-electron chi connectivity index (χ4n) is 3.86. The maximum atomic E-state index is 4.44. The summed E-state index contributed by atoms with van der Waals surface area (Å²) in [5.74, 6) is 1.65. The minimum atomic E-state index is 0.647. The maximum Gasteiger partial charge on any atom is 0.225 e. The number of hydrogen-bond donors (Lipinski definition) is 0. The first-order valence-electron chi connectivity index (χ1n) is 8.18. The van der Waals surface area contributed by atoms with Gasteiger partial charge in [-0.1, -0.05) is 12.5 Å². The summed E-state index contributed by atoms with van der Waals surface area (Å²) in [4.78, 5) is 15.4. The van der Waals surface area contributed by atoms with Crippen LogP contribution >= 0.6 is 11.3 Å². The van der Waals surface area contributed by atoms with Gasteiger partial charge in [-0.15, -0.1) is 11.3 Å². The minimum absolute atomic E-state index is 0.647. The van der Waals surface area contributed by atoms with E-state index in [1.54, 1.807) is 0 Å². The Morgan fingerprint density at radius 3 is 2.86 bits per heavy atom. The third kappa shape index (κ3) is 2.88. The van der Waals surface area contributed by atoms with Crippen molar-refractivity contribution in [3.63, 3.8) is 0 Å². The Kier molecular flexibility index (Phi) is 4.08. The van der Waals surface area contributed by atoms with Crippen LogP contribution in [0.4, 0.5) is 5.95 Å². The Morgan fingerprint density at radius 1 is 1.14 bits per heavy atom. The third-order valence-electron chi connectivity index (χ3n) is 4.92. The highest BCUT2D eigenvalue weighted by Gasteiger charge is 2.38. The van der Waals surface area contributed by atoms with Gasteiger partial charge in [-0.2, -0.15) is 0 Å². The van der Waals surface area contributed by atoms with Gasteiger partial charge in [-0.05, 0) is 42.8 Å². The summed E-state index contributed by atoms with van der Waals surface area (Å²) in [6.45, 7) is 4.50. The Labute approximate surface area is 135 Å². The van der Waals surface area contributed by atoms with E-state index >= 15 is 0 Å². The van der Waals surface area contributed by atoms with Crippen molar-refractivity contribution in [3.8, 4) is 0 Å². The van der Waals surface area contributed by atoms with Crippen LogP contribution in [0.3, 0.4) is 0 Å². The first-order chi connectivity index (χ1) is 10.9. The third-order valence-corrected chi connectivity index (χ3v) is 5.78. The highest BCUT2D eigenvalue weighted by atomic mass is 32.1. The van der Waals surface area contributed by atoms with Gasteiger partial charge in [0.1, 0.15) is 0 Å². The fraction of sp³-hybridized carbons (Fsp3) is 0.529. The maximum absolute atomic E-state index is 4.44. The van der Waals surface area contributed by atoms with E-state index in [1.165, 1.54) is 30.7 Å². The predicted molar refractivity (Wildman–Crippen MR) is 90.1 cm³/mol. The van der Waals surface area contributed by atoms with Gasteiger partial charge in [-0.25, -0.2) is 9.97 Å². The van der Waals surface area contributed by atoms with Crippen molar-refractivity contribution in [3.05, 3.63) is 40.8 Å². The topological polar surface area (TPSA) is 32.3 Å². The summed E-state index contributed by atoms with van der Waals surface area (Å²) in [5, 5.41) is 2.18. The lowest BCUT2D eigenvalue weighted by atomic mass is 9.98. The molecule has 2 aromatic heterocycles. The monoisotopic (exact) mass is 314 g/mol. The first-order valence-corrected chi connectivity index (χ1v) is 9.06. The van der Waals surface area contributed by atoms with E-state index in [0.29, 0.717) is 6.04 Å². The van der Waals surface area contributed by atoms with E-state index in [1.807, 2.05) is 29.8 Å². The largest absolute Gasteiger partial charge is 0.339 e. The highest BCUT2D eigenvalue weighted by Crippen LogP contribution is 2.32. The van der Waals surface area contributed by atoms with Crippen molar-refractivity contribution in [1.82, 2.24) is 14.9 Å². The molecule has 2 saturated heterocycles. The fourth-order valence-corrected chi connectivity index (χ4v) is 4.58. The molecule has 2 atom stereocenters. The number of likely N-dealkylation sites (tertiary alicyclic amines) is 1. The van der Waals surface area contributed by atoms with Crippen LogP contribution in [0.1, 0.15) is 24.1 Å². The second-order valence-corrected chi connectivity index (χ2v) is 7.36. The molecular formula is C17H22N4S. The van der Waals surface area contributed by atoms with Gasteiger partial charge >= 0.3 is 0 Å². The first kappa shape index (κ1) is 14.2. The van der Waals surface area contributed by atoms with E-state index < -0.39 is 0 Å². The van der Waals surface area contributed by atoms with Crippen molar-refractivity contribution in [1.29, 1.82) is 0 Å². The average Bonchev–Trinajstić information content (AvgIpc) is 3.17. The predicted octanol–water partition coefficient (Wildman–Crippen LogP) is 3.03. The molecule has 0 unspecified atom stereocenters. The van der Waals surface area contributed by atoms with Gasteiger partial charge in [0, 0.05) is 42.9 Å². The summed E-state index contributed by atoms with van der Waals surface area (Å²) in [6.07, 6.45) is 7.72. The van der Waals surface area contributed by atoms with Crippen LogP contribution in [0.5, 0.6) is 0 Å². The molecule has 2 fully saturated rings. The molecule has 0 aliphatic carbocycles. The van der Waals surface area contributed by atoms with Gasteiger partial charge in [0.25, 0.3) is 0 Å². The molecule has 4 nitrogen and oxygen atoms in total. The van der Waals surface area contributed by atoms with Crippen LogP contribution in [-0.2, 0) is 6.54 Å². The van der Waals surface area contributed by atoms with E-state index in [-0.39, 0.29) is 0 Å². The lowest BCUT2D eigenvalue weighted by Gasteiger charge is -2.29. The number of nitrogens with zero attached hydrogens (tertiary/aromatic N) is 4. The molecule has 116 valence electrons. The zero-order chi connectivity index (χ0) is 14.8. The standard InChI is InChI=1S/C17H22N4S/c1-2-9-20(12-15-6-3-10-22-15)16-13-21(11-14(16)5-1)17-18-7-4-8-19-17/h3-4,6-8,10,14,16H,1-2,5,9,11-13H2/t14-,16+/m0/s1. The Bertz CT molecular complexity index is 586. The lowest BCUT2D eigenvalue weighted by molar-refractivity contribution is 0.181. The van der Waals surface area contributed by atoms with Crippen molar-refractivity contribution < 1.29 is 0 Å². The SMILES string of the molecule is c1cnc(N2C[C@@H]3CCCCN(Cc4cccs4)[C@@H]3C2)nc1. The van der Waals surface area contributed by atoms with Crippen LogP contribution in [0.2, 0.25) is 0 Å². The van der Waals surface area contributed by atoms with Crippen LogP contribution in [0, 0.1) is 5.92 Å². The Morgan fingerprint density at radius 2 is 2.05 bits per heavy atom. The zero-order valence-electron chi connectivity index (χ0n) is 12.8. The molecule has 0 saturated carbocycles. The molecule has 0 radical (unpaired) electrons. The van der Waals surface area contributed by atoms with Gasteiger partial charge in [0.15, 0.2) is 0 Å². The van der Waals surface area contributed by atoms with E-state index in [2.05, 4.69) is 37.3 Å². The second-order valence-electron chi connectivity index (χ2n) is 6.33. The number of rotatable bonds is 3. The molecule has 4 rings (SSSR count). The van der Waals surface area contributed by atoms with Crippen LogP contribution in [-0.4, -0.2) is 40.5 Å². The number of hydrogen-bond acceptors (Lipinski definition) is 5. The number of anilines is 1. The summed E-state index contributed by atoms with van der Waals surface area (Å²) < 4.78 is 0. The van der Waals surface area contributed by atoms with Gasteiger partial charge in [-0.3, -0.25) is 4.90 Å². The second kappa shape index (κ2) is 6.34. The van der Waals surface area contributed by atoms with E-state index in [4.69, 9.17) is 0 Å². The summed E-state index contributed by atoms with van der Waals surface area (Å²) in [6, 6.07) is 6.96. The number of fused-ring (bicyclic) bond motifs is 1. The molecule has 0 N–H and O–H groups in total. The quantitative estimate of drug-likeness (QED) is 0.872. The van der Waals surface area contributed by atoms with Crippen LogP contribution < -0.4 is 4.90 Å². The highest BCUT2D eigenvalue weighted by molar-refractivity contribution is 7.09. The van der Waals surface area contributed by atoms with E-state index in [0.717, 1.165) is 31.5 Å². The molecule has 0 spiro atoms. The Balaban J connectivity index is 1.52. The molecule has 2 aromatic rings. The molecule has 4 heterocycles. The van der Waals surface area contributed by atoms with Crippen LogP contribution in [0.15, 0.2) is 36.0 Å². The summed E-state index contributed by atoms with van der Waals surface area (Å²) in [5.41, 5.74) is 0. The van der Waals surface area contributed by atoms with Gasteiger partial charge in [0.05, 0.1) is 0 Å². The molecule has 2 aliphatic rings. The zero-order valence-corrected chi connectivity index (χ0v) is 13.6. The van der Waals surface area contributed by atoms with Gasteiger partial charge in [0.2, 0.25) is 5.95 Å². The normalized spacial score (nSPS) is 25.9. The van der Waals surface area contributed by atoms with E-state index in [9.17, 15) is 0 Å². The lowest BCUT2D eigenvalue weighted by Crippen LogP contribution is -2.39. The summed E-state index contributed by atoms with van der Waals surface area (Å²) in [7, 11) is 0. The number of thiophene rings is 1. The molecule has 0 aromatic carbocycles. The van der Waals surface area contributed by atoms with Crippen LogP contribution in [0.25, 0.3) is 0 Å². The number of aromatic nitrogens is 2.